The number of carbonyl (C=O) groups is 1. The molecule has 1 fully saturated rings. The van der Waals surface area contributed by atoms with Crippen molar-refractivity contribution in [2.24, 2.45) is 0 Å². The zero-order chi connectivity index (χ0) is 16.9. The van der Waals surface area contributed by atoms with Crippen LogP contribution in [0.4, 0.5) is 0 Å². The molecule has 7 nitrogen and oxygen atoms in total. The van der Waals surface area contributed by atoms with Crippen LogP contribution in [0, 0.1) is 6.92 Å². The van der Waals surface area contributed by atoms with Gasteiger partial charge in [0.05, 0.1) is 19.1 Å². The van der Waals surface area contributed by atoms with Gasteiger partial charge in [-0.05, 0) is 25.3 Å². The smallest absolute Gasteiger partial charge is 0.243 e. The first-order valence-electron chi connectivity index (χ1n) is 8.17. The molecule has 0 radical (unpaired) electrons. The van der Waals surface area contributed by atoms with Gasteiger partial charge >= 0.3 is 0 Å². The Bertz CT molecular complexity index is 649. The van der Waals surface area contributed by atoms with E-state index in [9.17, 15) is 4.79 Å². The van der Waals surface area contributed by atoms with Crippen molar-refractivity contribution in [3.05, 3.63) is 34.1 Å². The fourth-order valence-electron chi connectivity index (χ4n) is 2.81. The van der Waals surface area contributed by atoms with Crippen molar-refractivity contribution in [2.45, 2.75) is 26.4 Å². The molecule has 3 heterocycles. The summed E-state index contributed by atoms with van der Waals surface area (Å²) in [5.41, 5.74) is 0. The molecule has 0 bridgehead atoms. The van der Waals surface area contributed by atoms with Gasteiger partial charge in [0.25, 0.3) is 0 Å². The van der Waals surface area contributed by atoms with Crippen LogP contribution >= 0.6 is 11.3 Å². The molecule has 1 saturated heterocycles. The highest BCUT2D eigenvalue weighted by molar-refractivity contribution is 7.09. The molecule has 2 aromatic rings. The normalized spacial score (nSPS) is 17.8. The summed E-state index contributed by atoms with van der Waals surface area (Å²) >= 11 is 1.66. The molecule has 8 heteroatoms. The van der Waals surface area contributed by atoms with Gasteiger partial charge in [0.2, 0.25) is 11.8 Å². The fourth-order valence-corrected chi connectivity index (χ4v) is 3.45. The second kappa shape index (κ2) is 7.87. The Morgan fingerprint density at radius 1 is 1.42 bits per heavy atom. The molecule has 0 spiro atoms. The van der Waals surface area contributed by atoms with Gasteiger partial charge in [-0.3, -0.25) is 14.6 Å². The molecule has 0 saturated carbocycles. The Kier molecular flexibility index (Phi) is 5.60. The number of thiophene rings is 1. The van der Waals surface area contributed by atoms with Crippen LogP contribution in [-0.2, 0) is 11.3 Å². The van der Waals surface area contributed by atoms with E-state index in [0.717, 1.165) is 26.2 Å². The van der Waals surface area contributed by atoms with E-state index in [2.05, 4.69) is 32.2 Å². The molecule has 1 amide bonds. The summed E-state index contributed by atoms with van der Waals surface area (Å²) in [6.45, 7) is 8.48. The van der Waals surface area contributed by atoms with E-state index in [0.29, 0.717) is 24.8 Å². The van der Waals surface area contributed by atoms with Crippen molar-refractivity contribution < 1.29 is 9.32 Å². The molecule has 2 aromatic heterocycles. The summed E-state index contributed by atoms with van der Waals surface area (Å²) < 4.78 is 5.26. The number of hydrogen-bond acceptors (Lipinski definition) is 7. The summed E-state index contributed by atoms with van der Waals surface area (Å²) in [5, 5.41) is 8.85. The van der Waals surface area contributed by atoms with Gasteiger partial charge in [0, 0.05) is 31.1 Å². The van der Waals surface area contributed by atoms with Gasteiger partial charge in [-0.15, -0.1) is 11.3 Å². The van der Waals surface area contributed by atoms with Crippen molar-refractivity contribution in [1.82, 2.24) is 25.3 Å². The minimum absolute atomic E-state index is 0.0809. The Morgan fingerprint density at radius 2 is 2.21 bits per heavy atom. The van der Waals surface area contributed by atoms with Gasteiger partial charge in [-0.1, -0.05) is 11.2 Å². The Labute approximate surface area is 145 Å². The predicted octanol–water partition coefficient (Wildman–Crippen LogP) is 1.43. The highest BCUT2D eigenvalue weighted by atomic mass is 32.1. The largest absolute Gasteiger partial charge is 0.350 e. The Morgan fingerprint density at radius 3 is 2.83 bits per heavy atom. The molecule has 0 aromatic carbocycles. The zero-order valence-corrected chi connectivity index (χ0v) is 14.9. The topological polar surface area (TPSA) is 74.5 Å². The van der Waals surface area contributed by atoms with Gasteiger partial charge in [-0.2, -0.15) is 4.98 Å². The number of hydrogen-bond donors (Lipinski definition) is 1. The van der Waals surface area contributed by atoms with Crippen LogP contribution in [0.5, 0.6) is 0 Å². The second-order valence-electron chi connectivity index (χ2n) is 6.02. The summed E-state index contributed by atoms with van der Waals surface area (Å²) in [6, 6.07) is 4.14. The molecule has 1 aliphatic heterocycles. The summed E-state index contributed by atoms with van der Waals surface area (Å²) in [4.78, 5) is 22.0. The van der Waals surface area contributed by atoms with Crippen molar-refractivity contribution in [2.75, 3.05) is 32.7 Å². The van der Waals surface area contributed by atoms with Crippen LogP contribution < -0.4 is 5.32 Å². The highest BCUT2D eigenvalue weighted by Crippen LogP contribution is 2.19. The highest BCUT2D eigenvalue weighted by Gasteiger charge is 2.26. The number of nitrogens with zero attached hydrogens (tertiary/aromatic N) is 4. The van der Waals surface area contributed by atoms with E-state index in [1.54, 1.807) is 11.3 Å². The van der Waals surface area contributed by atoms with Gasteiger partial charge in [0.15, 0.2) is 5.82 Å². The van der Waals surface area contributed by atoms with Crippen molar-refractivity contribution in [3.8, 4) is 0 Å². The molecule has 3 rings (SSSR count). The maximum atomic E-state index is 12.1. The molecule has 130 valence electrons. The van der Waals surface area contributed by atoms with Crippen LogP contribution in [0.25, 0.3) is 0 Å². The Balaban J connectivity index is 1.40. The van der Waals surface area contributed by atoms with E-state index >= 15 is 0 Å². The number of aromatic nitrogens is 2. The van der Waals surface area contributed by atoms with E-state index in [1.165, 1.54) is 4.88 Å². The molecule has 1 aliphatic rings. The number of amides is 1. The summed E-state index contributed by atoms with van der Waals surface area (Å²) in [6.07, 6.45) is 0. The lowest BCUT2D eigenvalue weighted by Gasteiger charge is -2.36. The SMILES string of the molecule is Cc1noc([C@@H](C)N2CCN(CC(=O)NCc3cccs3)CC2)n1. The lowest BCUT2D eigenvalue weighted by atomic mass is 10.2. The molecular weight excluding hydrogens is 326 g/mol. The number of carbonyl (C=O) groups excluding carboxylic acids is 1. The molecule has 0 unspecified atom stereocenters. The number of aryl methyl sites for hydroxylation is 1. The van der Waals surface area contributed by atoms with Crippen molar-refractivity contribution >= 4 is 17.2 Å². The first-order chi connectivity index (χ1) is 11.6. The van der Waals surface area contributed by atoms with Crippen LogP contribution in [0.1, 0.15) is 29.6 Å². The quantitative estimate of drug-likeness (QED) is 0.850. The summed E-state index contributed by atoms with van der Waals surface area (Å²) in [5.74, 6) is 1.41. The van der Waals surface area contributed by atoms with E-state index in [4.69, 9.17) is 4.52 Å². The van der Waals surface area contributed by atoms with Gasteiger partial charge in [0.1, 0.15) is 0 Å². The first-order valence-corrected chi connectivity index (χ1v) is 9.05. The number of nitrogens with one attached hydrogen (secondary N) is 1. The molecular formula is C16H23N5O2S. The van der Waals surface area contributed by atoms with Gasteiger partial charge in [-0.25, -0.2) is 0 Å². The molecule has 1 N–H and O–H groups in total. The third-order valence-electron chi connectivity index (χ3n) is 4.26. The minimum Gasteiger partial charge on any atom is -0.350 e. The van der Waals surface area contributed by atoms with Crippen LogP contribution in [0.3, 0.4) is 0 Å². The Hall–Kier alpha value is -1.77. The lowest BCUT2D eigenvalue weighted by Crippen LogP contribution is -2.49. The van der Waals surface area contributed by atoms with E-state index in [1.807, 2.05) is 24.4 Å². The average molecular weight is 349 g/mol. The first kappa shape index (κ1) is 17.1. The third-order valence-corrected chi connectivity index (χ3v) is 5.14. The lowest BCUT2D eigenvalue weighted by molar-refractivity contribution is -0.122. The summed E-state index contributed by atoms with van der Waals surface area (Å²) in [7, 11) is 0. The van der Waals surface area contributed by atoms with Crippen molar-refractivity contribution in [3.63, 3.8) is 0 Å². The maximum Gasteiger partial charge on any atom is 0.243 e. The van der Waals surface area contributed by atoms with Crippen molar-refractivity contribution in [1.29, 1.82) is 0 Å². The third kappa shape index (κ3) is 4.40. The van der Waals surface area contributed by atoms with Gasteiger partial charge < -0.3 is 9.84 Å². The molecule has 1 atom stereocenters. The minimum atomic E-state index is 0.0809. The number of rotatable bonds is 6. The van der Waals surface area contributed by atoms with Crippen LogP contribution in [-0.4, -0.2) is 58.6 Å². The fraction of sp³-hybridized carbons (Fsp3) is 0.562. The van der Waals surface area contributed by atoms with E-state index < -0.39 is 0 Å². The maximum absolute atomic E-state index is 12.1. The standard InChI is InChI=1S/C16H23N5O2S/c1-12(16-18-13(2)19-23-16)21-7-5-20(6-8-21)11-15(22)17-10-14-4-3-9-24-14/h3-4,9,12H,5-8,10-11H2,1-2H3,(H,17,22)/t12-/m1/s1. The number of piperazine rings is 1. The van der Waals surface area contributed by atoms with Crippen LogP contribution in [0.15, 0.2) is 22.0 Å². The van der Waals surface area contributed by atoms with Crippen LogP contribution in [0.2, 0.25) is 0 Å². The molecule has 24 heavy (non-hydrogen) atoms. The molecule has 0 aliphatic carbocycles. The second-order valence-corrected chi connectivity index (χ2v) is 7.06. The van der Waals surface area contributed by atoms with E-state index in [-0.39, 0.29) is 11.9 Å². The monoisotopic (exact) mass is 349 g/mol. The average Bonchev–Trinajstić information content (AvgIpc) is 3.24. The predicted molar refractivity (Wildman–Crippen MR) is 91.6 cm³/mol. The zero-order valence-electron chi connectivity index (χ0n) is 14.1.